The number of aliphatic hydroxyl groups is 1. The molecule has 1 aromatic heterocycles. The van der Waals surface area contributed by atoms with Crippen LogP contribution in [0.25, 0.3) is 0 Å². The molecule has 2 aromatic carbocycles. The van der Waals surface area contributed by atoms with Gasteiger partial charge in [-0.3, -0.25) is 0 Å². The molecule has 0 radical (unpaired) electrons. The fraction of sp³-hybridized carbons (Fsp3) is 0.200. The molecule has 0 aliphatic heterocycles. The highest BCUT2D eigenvalue weighted by Gasteiger charge is 2.09. The van der Waals surface area contributed by atoms with Gasteiger partial charge in [0.15, 0.2) is 9.84 Å². The van der Waals surface area contributed by atoms with Crippen LogP contribution >= 0.6 is 0 Å². The van der Waals surface area contributed by atoms with Crippen LogP contribution in [0.2, 0.25) is 0 Å². The molecule has 3 rings (SSSR count). The molecule has 1 atom stereocenters. The third-order valence-corrected chi connectivity index (χ3v) is 4.86. The second kappa shape index (κ2) is 8.97. The Balaban J connectivity index is 1.60. The summed E-state index contributed by atoms with van der Waals surface area (Å²) in [6, 6.07) is 14.4. The first kappa shape index (κ1) is 20.7. The zero-order valence-corrected chi connectivity index (χ0v) is 16.5. The van der Waals surface area contributed by atoms with Crippen LogP contribution in [0, 0.1) is 5.82 Å². The van der Waals surface area contributed by atoms with E-state index in [0.29, 0.717) is 28.6 Å². The van der Waals surface area contributed by atoms with Crippen molar-refractivity contribution in [1.82, 2.24) is 9.97 Å². The predicted octanol–water partition coefficient (Wildman–Crippen LogP) is 3.05. The summed E-state index contributed by atoms with van der Waals surface area (Å²) in [4.78, 5) is 8.46. The number of benzene rings is 2. The normalized spacial score (nSPS) is 12.4. The summed E-state index contributed by atoms with van der Waals surface area (Å²) in [6.45, 7) is 0.153. The lowest BCUT2D eigenvalue weighted by Gasteiger charge is -2.13. The first-order chi connectivity index (χ1) is 13.8. The molecule has 3 N–H and O–H groups in total. The maximum Gasteiger partial charge on any atom is 0.229 e. The van der Waals surface area contributed by atoms with Gasteiger partial charge in [0.25, 0.3) is 0 Å². The molecule has 9 heteroatoms. The van der Waals surface area contributed by atoms with E-state index < -0.39 is 21.8 Å². The molecule has 0 spiro atoms. The minimum atomic E-state index is -3.09. The average Bonchev–Trinajstić information content (AvgIpc) is 2.67. The van der Waals surface area contributed by atoms with Gasteiger partial charge < -0.3 is 15.7 Å². The van der Waals surface area contributed by atoms with Crippen molar-refractivity contribution in [2.24, 2.45) is 0 Å². The lowest BCUT2D eigenvalue weighted by atomic mass is 10.1. The molecule has 1 heterocycles. The largest absolute Gasteiger partial charge is 0.387 e. The summed E-state index contributed by atoms with van der Waals surface area (Å²) in [7, 11) is -3.09. The van der Waals surface area contributed by atoms with E-state index in [1.165, 1.54) is 18.4 Å². The van der Waals surface area contributed by atoms with Crippen molar-refractivity contribution in [3.63, 3.8) is 0 Å². The lowest BCUT2D eigenvalue weighted by molar-refractivity contribution is 0.191. The van der Waals surface area contributed by atoms with Gasteiger partial charge in [-0.2, -0.15) is 4.98 Å². The van der Waals surface area contributed by atoms with Crippen LogP contribution < -0.4 is 10.6 Å². The van der Waals surface area contributed by atoms with Gasteiger partial charge in [0.2, 0.25) is 5.95 Å². The highest BCUT2D eigenvalue weighted by Crippen LogP contribution is 2.18. The Bertz CT molecular complexity index is 1080. The maximum atomic E-state index is 13.3. The number of nitrogens with one attached hydrogen (secondary N) is 2. The first-order valence-corrected chi connectivity index (χ1v) is 10.9. The maximum absolute atomic E-state index is 13.3. The Morgan fingerprint density at radius 3 is 2.59 bits per heavy atom. The second-order valence-corrected chi connectivity index (χ2v) is 8.75. The Labute approximate surface area is 168 Å². The van der Waals surface area contributed by atoms with E-state index in [0.717, 1.165) is 0 Å². The van der Waals surface area contributed by atoms with Crippen molar-refractivity contribution >= 4 is 27.3 Å². The third-order valence-electron chi connectivity index (χ3n) is 4.00. The fourth-order valence-electron chi connectivity index (χ4n) is 2.67. The van der Waals surface area contributed by atoms with E-state index >= 15 is 0 Å². The molecule has 0 amide bonds. The molecule has 3 aromatic rings. The van der Waals surface area contributed by atoms with Crippen LogP contribution in [0.3, 0.4) is 0 Å². The molecular formula is C20H21FN4O3S. The predicted molar refractivity (Wildman–Crippen MR) is 110 cm³/mol. The van der Waals surface area contributed by atoms with Gasteiger partial charge in [-0.25, -0.2) is 17.8 Å². The summed E-state index contributed by atoms with van der Waals surface area (Å²) >= 11 is 0. The number of halogens is 1. The number of hydrogen-bond donors (Lipinski definition) is 3. The van der Waals surface area contributed by atoms with Crippen molar-refractivity contribution in [3.05, 3.63) is 77.7 Å². The van der Waals surface area contributed by atoms with E-state index in [2.05, 4.69) is 20.6 Å². The van der Waals surface area contributed by atoms with Gasteiger partial charge >= 0.3 is 0 Å². The van der Waals surface area contributed by atoms with Crippen molar-refractivity contribution in [1.29, 1.82) is 0 Å². The summed E-state index contributed by atoms with van der Waals surface area (Å²) in [5, 5.41) is 16.2. The van der Waals surface area contributed by atoms with E-state index in [9.17, 15) is 17.9 Å². The Kier molecular flexibility index (Phi) is 6.40. The van der Waals surface area contributed by atoms with Gasteiger partial charge in [0.1, 0.15) is 11.6 Å². The zero-order valence-electron chi connectivity index (χ0n) is 15.7. The van der Waals surface area contributed by atoms with E-state index in [4.69, 9.17) is 0 Å². The van der Waals surface area contributed by atoms with Crippen molar-refractivity contribution in [2.45, 2.75) is 11.9 Å². The Morgan fingerprint density at radius 2 is 1.90 bits per heavy atom. The van der Waals surface area contributed by atoms with Crippen LogP contribution in [0.15, 0.2) is 60.8 Å². The van der Waals surface area contributed by atoms with Gasteiger partial charge in [0, 0.05) is 24.7 Å². The number of hydrogen-bond acceptors (Lipinski definition) is 7. The molecule has 152 valence electrons. The summed E-state index contributed by atoms with van der Waals surface area (Å²) < 4.78 is 36.0. The van der Waals surface area contributed by atoms with Crippen molar-refractivity contribution < 1.29 is 17.9 Å². The quantitative estimate of drug-likeness (QED) is 0.518. The SMILES string of the molecule is CS(=O)(=O)Cc1ccc(Nc2nccc(NCC(O)c3cccc(F)c3)n2)cc1. The first-order valence-electron chi connectivity index (χ1n) is 8.83. The van der Waals surface area contributed by atoms with Crippen LogP contribution in [-0.4, -0.2) is 36.3 Å². The van der Waals surface area contributed by atoms with Crippen LogP contribution in [0.4, 0.5) is 21.8 Å². The molecule has 0 bridgehead atoms. The summed E-state index contributed by atoms with van der Waals surface area (Å²) in [5.41, 5.74) is 1.87. The monoisotopic (exact) mass is 416 g/mol. The number of sulfone groups is 1. The topological polar surface area (TPSA) is 104 Å². The van der Waals surface area contributed by atoms with Gasteiger partial charge in [-0.1, -0.05) is 24.3 Å². The smallest absolute Gasteiger partial charge is 0.229 e. The number of aliphatic hydroxyl groups excluding tert-OH is 1. The minimum absolute atomic E-state index is 0.0170. The molecular weight excluding hydrogens is 395 g/mol. The van der Waals surface area contributed by atoms with E-state index in [1.54, 1.807) is 48.7 Å². The highest BCUT2D eigenvalue weighted by molar-refractivity contribution is 7.89. The van der Waals surface area contributed by atoms with Crippen LogP contribution in [-0.2, 0) is 15.6 Å². The fourth-order valence-corrected chi connectivity index (χ4v) is 3.46. The lowest BCUT2D eigenvalue weighted by Crippen LogP contribution is -2.13. The van der Waals surface area contributed by atoms with Gasteiger partial charge in [-0.15, -0.1) is 0 Å². The van der Waals surface area contributed by atoms with Gasteiger partial charge in [0.05, 0.1) is 11.9 Å². The number of aromatic nitrogens is 2. The minimum Gasteiger partial charge on any atom is -0.387 e. The molecule has 1 unspecified atom stereocenters. The number of rotatable bonds is 8. The average molecular weight is 416 g/mol. The van der Waals surface area contributed by atoms with Crippen LogP contribution in [0.5, 0.6) is 0 Å². The Morgan fingerprint density at radius 1 is 1.14 bits per heavy atom. The zero-order chi connectivity index (χ0) is 20.9. The van der Waals surface area contributed by atoms with E-state index in [1.807, 2.05) is 0 Å². The molecule has 0 aliphatic rings. The van der Waals surface area contributed by atoms with Gasteiger partial charge in [-0.05, 0) is 41.5 Å². The summed E-state index contributed by atoms with van der Waals surface area (Å²) in [6.07, 6.45) is 1.86. The van der Waals surface area contributed by atoms with Crippen molar-refractivity contribution in [3.8, 4) is 0 Å². The highest BCUT2D eigenvalue weighted by atomic mass is 32.2. The molecule has 7 nitrogen and oxygen atoms in total. The van der Waals surface area contributed by atoms with Crippen molar-refractivity contribution in [2.75, 3.05) is 23.4 Å². The molecule has 0 saturated heterocycles. The number of anilines is 3. The molecule has 0 saturated carbocycles. The third kappa shape index (κ3) is 6.51. The number of nitrogens with zero attached hydrogens (tertiary/aromatic N) is 2. The Hall–Kier alpha value is -3.04. The van der Waals surface area contributed by atoms with Crippen LogP contribution in [0.1, 0.15) is 17.2 Å². The second-order valence-electron chi connectivity index (χ2n) is 6.61. The standard InChI is InChI=1S/C20H21FN4O3S/c1-29(27,28)13-14-5-7-17(8-6-14)24-20-22-10-9-19(25-20)23-12-18(26)15-3-2-4-16(21)11-15/h2-11,18,26H,12-13H2,1H3,(H2,22,23,24,25). The molecule has 0 aliphatic carbocycles. The molecule has 0 fully saturated rings. The summed E-state index contributed by atoms with van der Waals surface area (Å²) in [5.74, 6) is 0.409. The van der Waals surface area contributed by atoms with E-state index in [-0.39, 0.29) is 12.3 Å². The molecule has 29 heavy (non-hydrogen) atoms.